The van der Waals surface area contributed by atoms with Crippen molar-refractivity contribution in [2.24, 2.45) is 0 Å². The number of aliphatic hydroxyl groups is 1. The number of cyclic esters (lactones) is 2. The van der Waals surface area contributed by atoms with Gasteiger partial charge in [-0.1, -0.05) is 0 Å². The molecule has 1 saturated heterocycles. The van der Waals surface area contributed by atoms with Gasteiger partial charge in [-0.05, 0) is 27.6 Å². The van der Waals surface area contributed by atoms with Gasteiger partial charge in [-0.15, -0.1) is 0 Å². The lowest BCUT2D eigenvalue weighted by atomic mass is 10.1. The van der Waals surface area contributed by atoms with Gasteiger partial charge in [0.05, 0.1) is 11.1 Å². The lowest BCUT2D eigenvalue weighted by molar-refractivity contribution is -0.142. The predicted octanol–water partition coefficient (Wildman–Crippen LogP) is 1.12. The number of esters is 1. The molecule has 2 atom stereocenters. The number of ether oxygens (including phenoxy) is 2. The van der Waals surface area contributed by atoms with Gasteiger partial charge in [-0.2, -0.15) is 0 Å². The Kier molecular flexibility index (Phi) is 4.75. The minimum atomic E-state index is -1.38. The number of hydrogen-bond acceptors (Lipinski definition) is 8. The van der Waals surface area contributed by atoms with Crippen molar-refractivity contribution in [3.8, 4) is 5.75 Å². The van der Waals surface area contributed by atoms with Crippen molar-refractivity contribution in [3.05, 3.63) is 38.7 Å². The van der Waals surface area contributed by atoms with Gasteiger partial charge in [-0.25, -0.2) is 14.4 Å². The van der Waals surface area contributed by atoms with Crippen molar-refractivity contribution in [2.45, 2.75) is 25.4 Å². The number of alkyl carbamates (subject to hydrolysis) is 1. The van der Waals surface area contributed by atoms with Crippen LogP contribution in [0.3, 0.4) is 0 Å². The molecule has 2 heterocycles. The number of amides is 1. The van der Waals surface area contributed by atoms with E-state index in [0.717, 1.165) is 0 Å². The number of phenolic OH excluding ortho intramolecular Hbond substituents is 1. The van der Waals surface area contributed by atoms with Crippen molar-refractivity contribution in [1.82, 2.24) is 5.32 Å². The smallest absolute Gasteiger partial charge is 0.415 e. The number of fused-ring (bicyclic) bond motifs is 1. The molecule has 0 saturated carbocycles. The van der Waals surface area contributed by atoms with Crippen molar-refractivity contribution in [3.63, 3.8) is 0 Å². The van der Waals surface area contributed by atoms with Gasteiger partial charge >= 0.3 is 17.7 Å². The standard InChI is InChI=1S/C15H12BrNO8/c16-8-2-7-6(1-13(20)24-11(7)4-10(8)18)5-23-12(19)3-9-14(21)25-15(22)17-9/h1-2,4,9,12,18-19H,3,5H2,(H,17,22). The number of rotatable bonds is 5. The van der Waals surface area contributed by atoms with E-state index in [2.05, 4.69) is 26.0 Å². The van der Waals surface area contributed by atoms with Crippen LogP contribution < -0.4 is 10.9 Å². The number of carbonyl (C=O) groups excluding carboxylic acids is 2. The molecule has 2 aromatic rings. The van der Waals surface area contributed by atoms with Gasteiger partial charge in [0.2, 0.25) is 0 Å². The number of phenols is 1. The highest BCUT2D eigenvalue weighted by Crippen LogP contribution is 2.30. The van der Waals surface area contributed by atoms with Crippen LogP contribution in [0.25, 0.3) is 11.0 Å². The van der Waals surface area contributed by atoms with E-state index >= 15 is 0 Å². The Labute approximate surface area is 148 Å². The zero-order chi connectivity index (χ0) is 18.1. The van der Waals surface area contributed by atoms with Crippen molar-refractivity contribution >= 4 is 39.0 Å². The van der Waals surface area contributed by atoms with E-state index in [1.165, 1.54) is 12.1 Å². The first kappa shape index (κ1) is 17.4. The summed E-state index contributed by atoms with van der Waals surface area (Å²) in [6, 6.07) is 3.04. The van der Waals surface area contributed by atoms with Gasteiger partial charge in [0.15, 0.2) is 6.29 Å². The fourth-order valence-corrected chi connectivity index (χ4v) is 2.70. The highest BCUT2D eigenvalue weighted by Gasteiger charge is 2.34. The monoisotopic (exact) mass is 413 g/mol. The summed E-state index contributed by atoms with van der Waals surface area (Å²) < 4.78 is 15.0. The van der Waals surface area contributed by atoms with Gasteiger partial charge < -0.3 is 29.4 Å². The van der Waals surface area contributed by atoms with Crippen molar-refractivity contribution < 1.29 is 33.7 Å². The molecular formula is C15H12BrNO8. The second kappa shape index (κ2) is 6.82. The number of aliphatic hydroxyl groups excluding tert-OH is 1. The third-order valence-corrected chi connectivity index (χ3v) is 4.17. The number of aromatic hydroxyl groups is 1. The molecule has 0 radical (unpaired) electrons. The molecule has 1 amide bonds. The van der Waals surface area contributed by atoms with E-state index in [1.54, 1.807) is 6.07 Å². The molecule has 25 heavy (non-hydrogen) atoms. The number of benzene rings is 1. The lowest BCUT2D eigenvalue weighted by Gasteiger charge is -2.15. The van der Waals surface area contributed by atoms with Crippen LogP contribution in [0.4, 0.5) is 4.79 Å². The molecule has 3 rings (SSSR count). The Hall–Kier alpha value is -2.43. The summed E-state index contributed by atoms with van der Waals surface area (Å²) in [7, 11) is 0. The first-order valence-electron chi connectivity index (χ1n) is 7.10. The normalized spacial score (nSPS) is 18.2. The van der Waals surface area contributed by atoms with Crippen LogP contribution in [-0.4, -0.2) is 34.6 Å². The summed E-state index contributed by atoms with van der Waals surface area (Å²) in [6.07, 6.45) is -2.45. The third kappa shape index (κ3) is 3.81. The van der Waals surface area contributed by atoms with E-state index in [0.29, 0.717) is 15.4 Å². The Morgan fingerprint density at radius 3 is 2.72 bits per heavy atom. The lowest BCUT2D eigenvalue weighted by Crippen LogP contribution is -2.33. The van der Waals surface area contributed by atoms with Crippen LogP contribution in [0.5, 0.6) is 5.75 Å². The number of halogens is 1. The fourth-order valence-electron chi connectivity index (χ4n) is 2.36. The first-order chi connectivity index (χ1) is 11.8. The second-order valence-electron chi connectivity index (χ2n) is 5.30. The van der Waals surface area contributed by atoms with Crippen LogP contribution in [-0.2, 0) is 20.9 Å². The zero-order valence-electron chi connectivity index (χ0n) is 12.5. The molecule has 1 aliphatic rings. The van der Waals surface area contributed by atoms with Crippen LogP contribution in [0, 0.1) is 0 Å². The summed E-state index contributed by atoms with van der Waals surface area (Å²) in [4.78, 5) is 33.9. The highest BCUT2D eigenvalue weighted by molar-refractivity contribution is 9.10. The molecule has 1 fully saturated rings. The maximum absolute atomic E-state index is 11.6. The molecule has 0 spiro atoms. The third-order valence-electron chi connectivity index (χ3n) is 3.54. The minimum Gasteiger partial charge on any atom is -0.507 e. The maximum Gasteiger partial charge on any atom is 0.415 e. The minimum absolute atomic E-state index is 0.0933. The summed E-state index contributed by atoms with van der Waals surface area (Å²) in [5, 5.41) is 22.3. The highest BCUT2D eigenvalue weighted by atomic mass is 79.9. The van der Waals surface area contributed by atoms with E-state index < -0.39 is 30.0 Å². The summed E-state index contributed by atoms with van der Waals surface area (Å²) in [6.45, 7) is -0.157. The quantitative estimate of drug-likeness (QED) is 0.287. The molecule has 132 valence electrons. The molecule has 2 unspecified atom stereocenters. The average molecular weight is 414 g/mol. The molecule has 10 heteroatoms. The Morgan fingerprint density at radius 1 is 1.28 bits per heavy atom. The zero-order valence-corrected chi connectivity index (χ0v) is 14.1. The average Bonchev–Trinajstić information content (AvgIpc) is 2.84. The largest absolute Gasteiger partial charge is 0.507 e. The molecule has 9 nitrogen and oxygen atoms in total. The Morgan fingerprint density at radius 2 is 2.04 bits per heavy atom. The molecule has 3 N–H and O–H groups in total. The van der Waals surface area contributed by atoms with E-state index in [4.69, 9.17) is 9.15 Å². The SMILES string of the molecule is O=C1NC(CC(O)OCc2cc(=O)oc3cc(O)c(Br)cc23)C(=O)O1. The molecule has 0 bridgehead atoms. The number of carbonyl (C=O) groups is 2. The topological polar surface area (TPSA) is 135 Å². The summed E-state index contributed by atoms with van der Waals surface area (Å²) in [5.41, 5.74) is -0.0640. The van der Waals surface area contributed by atoms with Crippen molar-refractivity contribution in [1.29, 1.82) is 0 Å². The first-order valence-corrected chi connectivity index (χ1v) is 7.90. The molecule has 1 aromatic heterocycles. The summed E-state index contributed by atoms with van der Waals surface area (Å²) >= 11 is 3.17. The van der Waals surface area contributed by atoms with Gasteiger partial charge in [-0.3, -0.25) is 0 Å². The fraction of sp³-hybridized carbons (Fsp3) is 0.267. The van der Waals surface area contributed by atoms with E-state index in [1.807, 2.05) is 0 Å². The van der Waals surface area contributed by atoms with Crippen LogP contribution >= 0.6 is 15.9 Å². The van der Waals surface area contributed by atoms with Crippen molar-refractivity contribution in [2.75, 3.05) is 0 Å². The molecule has 1 aromatic carbocycles. The second-order valence-corrected chi connectivity index (χ2v) is 6.15. The maximum atomic E-state index is 11.6. The number of hydrogen-bond donors (Lipinski definition) is 3. The van der Waals surface area contributed by atoms with Gasteiger partial charge in [0.25, 0.3) is 0 Å². The van der Waals surface area contributed by atoms with Crippen LogP contribution in [0.15, 0.2) is 31.9 Å². The molecule has 1 aliphatic heterocycles. The number of nitrogens with one attached hydrogen (secondary N) is 1. The predicted molar refractivity (Wildman–Crippen MR) is 85.7 cm³/mol. The molecular weight excluding hydrogens is 402 g/mol. The summed E-state index contributed by atoms with van der Waals surface area (Å²) in [5.74, 6) is -0.887. The van der Waals surface area contributed by atoms with Crippen LogP contribution in [0.1, 0.15) is 12.0 Å². The van der Waals surface area contributed by atoms with E-state index in [-0.39, 0.29) is 24.4 Å². The van der Waals surface area contributed by atoms with Gasteiger partial charge in [0.1, 0.15) is 17.4 Å². The molecule has 0 aliphatic carbocycles. The van der Waals surface area contributed by atoms with Gasteiger partial charge in [0, 0.05) is 23.9 Å². The van der Waals surface area contributed by atoms with Crippen LogP contribution in [0.2, 0.25) is 0 Å². The van der Waals surface area contributed by atoms with E-state index in [9.17, 15) is 24.6 Å². The Balaban J connectivity index is 1.74. The Bertz CT molecular complexity index is 908.